The molecule has 2 unspecified atom stereocenters. The number of morpholine rings is 1. The van der Waals surface area contributed by atoms with Gasteiger partial charge in [-0.25, -0.2) is 4.72 Å². The summed E-state index contributed by atoms with van der Waals surface area (Å²) >= 11 is 0. The third-order valence-corrected chi connectivity index (χ3v) is 4.92. The smallest absolute Gasteiger partial charge is 0.279 e. The predicted octanol–water partition coefficient (Wildman–Crippen LogP) is 0.0721. The molecular formula is C12H25N3O3S. The van der Waals surface area contributed by atoms with Gasteiger partial charge in [0.2, 0.25) is 0 Å². The summed E-state index contributed by atoms with van der Waals surface area (Å²) in [5.74, 6) is 0. The highest BCUT2D eigenvalue weighted by Crippen LogP contribution is 2.18. The number of ether oxygens (including phenoxy) is 1. The molecule has 2 aliphatic rings. The summed E-state index contributed by atoms with van der Waals surface area (Å²) < 4.78 is 33.9. The molecule has 0 spiro atoms. The Morgan fingerprint density at radius 3 is 2.37 bits per heavy atom. The summed E-state index contributed by atoms with van der Waals surface area (Å²) in [6.07, 6.45) is 3.25. The third-order valence-electron chi connectivity index (χ3n) is 3.37. The molecule has 0 aromatic carbocycles. The molecule has 1 heterocycles. The van der Waals surface area contributed by atoms with Gasteiger partial charge in [0.15, 0.2) is 0 Å². The molecule has 0 aromatic heterocycles. The van der Waals surface area contributed by atoms with Crippen molar-refractivity contribution in [1.29, 1.82) is 0 Å². The molecule has 2 fully saturated rings. The Labute approximate surface area is 116 Å². The third kappa shape index (κ3) is 5.00. The largest absolute Gasteiger partial charge is 0.373 e. The number of nitrogens with one attached hydrogen (secondary N) is 2. The van der Waals surface area contributed by atoms with Crippen LogP contribution in [0.3, 0.4) is 0 Å². The summed E-state index contributed by atoms with van der Waals surface area (Å²) in [4.78, 5) is 0. The van der Waals surface area contributed by atoms with E-state index in [9.17, 15) is 8.42 Å². The fraction of sp³-hybridized carbons (Fsp3) is 1.00. The summed E-state index contributed by atoms with van der Waals surface area (Å²) in [6.45, 7) is 6.03. The normalized spacial score (nSPS) is 29.6. The van der Waals surface area contributed by atoms with Crippen LogP contribution < -0.4 is 10.0 Å². The second-order valence-electron chi connectivity index (χ2n) is 5.56. The summed E-state index contributed by atoms with van der Waals surface area (Å²) in [5.41, 5.74) is 0. The maximum Gasteiger partial charge on any atom is 0.279 e. The highest BCUT2D eigenvalue weighted by atomic mass is 32.2. The minimum absolute atomic E-state index is 0.0446. The quantitative estimate of drug-likeness (QED) is 0.651. The van der Waals surface area contributed by atoms with Crippen LogP contribution in [0.1, 0.15) is 33.1 Å². The fourth-order valence-electron chi connectivity index (χ4n) is 2.30. The van der Waals surface area contributed by atoms with Crippen molar-refractivity contribution in [3.05, 3.63) is 0 Å². The van der Waals surface area contributed by atoms with E-state index in [-0.39, 0.29) is 12.2 Å². The van der Waals surface area contributed by atoms with E-state index in [2.05, 4.69) is 10.0 Å². The first-order valence-corrected chi connectivity index (χ1v) is 8.55. The second-order valence-corrected chi connectivity index (χ2v) is 7.31. The maximum absolute atomic E-state index is 12.1. The number of nitrogens with zero attached hydrogens (tertiary/aromatic N) is 1. The predicted molar refractivity (Wildman–Crippen MR) is 74.1 cm³/mol. The lowest BCUT2D eigenvalue weighted by molar-refractivity contribution is -0.0443. The van der Waals surface area contributed by atoms with E-state index < -0.39 is 10.2 Å². The first kappa shape index (κ1) is 15.2. The Balaban J connectivity index is 1.70. The van der Waals surface area contributed by atoms with Crippen molar-refractivity contribution in [3.8, 4) is 0 Å². The molecule has 2 N–H and O–H groups in total. The van der Waals surface area contributed by atoms with Gasteiger partial charge in [0.05, 0.1) is 12.2 Å². The molecule has 1 aliphatic heterocycles. The fourth-order valence-corrected chi connectivity index (χ4v) is 3.70. The van der Waals surface area contributed by atoms with Crippen molar-refractivity contribution in [1.82, 2.24) is 14.3 Å². The lowest BCUT2D eigenvalue weighted by atomic mass is 10.3. The van der Waals surface area contributed by atoms with Crippen LogP contribution in [0.2, 0.25) is 0 Å². The molecule has 0 aromatic rings. The minimum atomic E-state index is -3.36. The van der Waals surface area contributed by atoms with E-state index >= 15 is 0 Å². The van der Waals surface area contributed by atoms with Gasteiger partial charge < -0.3 is 10.1 Å². The van der Waals surface area contributed by atoms with Gasteiger partial charge in [-0.3, -0.25) is 0 Å². The molecular weight excluding hydrogens is 266 g/mol. The second kappa shape index (κ2) is 6.49. The van der Waals surface area contributed by atoms with Gasteiger partial charge in [0.25, 0.3) is 10.2 Å². The highest BCUT2D eigenvalue weighted by Gasteiger charge is 2.30. The van der Waals surface area contributed by atoms with Crippen LogP contribution in [0, 0.1) is 0 Å². The maximum atomic E-state index is 12.1. The first-order chi connectivity index (χ1) is 8.97. The van der Waals surface area contributed by atoms with E-state index in [1.165, 1.54) is 17.1 Å². The molecule has 112 valence electrons. The lowest BCUT2D eigenvalue weighted by Gasteiger charge is -2.34. The zero-order valence-corrected chi connectivity index (χ0v) is 12.6. The minimum Gasteiger partial charge on any atom is -0.373 e. The Morgan fingerprint density at radius 1 is 1.16 bits per heavy atom. The lowest BCUT2D eigenvalue weighted by Crippen LogP contribution is -2.52. The number of rotatable bonds is 7. The SMILES string of the molecule is CC1CN(S(=O)(=O)NCCCNC2CC2)CC(C)O1. The van der Waals surface area contributed by atoms with Crippen LogP contribution >= 0.6 is 0 Å². The average Bonchev–Trinajstić information content (AvgIpc) is 3.11. The first-order valence-electron chi connectivity index (χ1n) is 7.11. The summed E-state index contributed by atoms with van der Waals surface area (Å²) in [5, 5.41) is 3.37. The van der Waals surface area contributed by atoms with Crippen molar-refractivity contribution >= 4 is 10.2 Å². The van der Waals surface area contributed by atoms with E-state index in [0.29, 0.717) is 25.7 Å². The van der Waals surface area contributed by atoms with Crippen molar-refractivity contribution in [2.24, 2.45) is 0 Å². The zero-order chi connectivity index (χ0) is 13.9. The molecule has 2 atom stereocenters. The topological polar surface area (TPSA) is 70.7 Å². The molecule has 1 aliphatic carbocycles. The van der Waals surface area contributed by atoms with Gasteiger partial charge in [0.1, 0.15) is 0 Å². The van der Waals surface area contributed by atoms with E-state index in [0.717, 1.165) is 13.0 Å². The van der Waals surface area contributed by atoms with Crippen molar-refractivity contribution < 1.29 is 13.2 Å². The van der Waals surface area contributed by atoms with Crippen LogP contribution in [0.5, 0.6) is 0 Å². The van der Waals surface area contributed by atoms with Gasteiger partial charge >= 0.3 is 0 Å². The van der Waals surface area contributed by atoms with E-state index in [1.807, 2.05) is 13.8 Å². The van der Waals surface area contributed by atoms with Crippen LogP contribution in [0.25, 0.3) is 0 Å². The summed E-state index contributed by atoms with van der Waals surface area (Å²) in [6, 6.07) is 0.678. The molecule has 7 heteroatoms. The Morgan fingerprint density at radius 2 is 1.79 bits per heavy atom. The van der Waals surface area contributed by atoms with Gasteiger partial charge in [-0.05, 0) is 39.7 Å². The van der Waals surface area contributed by atoms with Gasteiger partial charge in [-0.1, -0.05) is 0 Å². The van der Waals surface area contributed by atoms with Gasteiger partial charge in [-0.2, -0.15) is 12.7 Å². The molecule has 1 saturated heterocycles. The molecule has 19 heavy (non-hydrogen) atoms. The molecule has 0 bridgehead atoms. The van der Waals surface area contributed by atoms with Crippen molar-refractivity contribution in [2.45, 2.75) is 51.4 Å². The van der Waals surface area contributed by atoms with Crippen LogP contribution in [-0.4, -0.2) is 57.2 Å². The number of hydrogen-bond donors (Lipinski definition) is 2. The molecule has 0 radical (unpaired) electrons. The Bertz CT molecular complexity index is 374. The van der Waals surface area contributed by atoms with E-state index in [1.54, 1.807) is 0 Å². The average molecular weight is 291 g/mol. The monoisotopic (exact) mass is 291 g/mol. The van der Waals surface area contributed by atoms with Gasteiger partial charge in [0, 0.05) is 25.7 Å². The van der Waals surface area contributed by atoms with Gasteiger partial charge in [-0.15, -0.1) is 0 Å². The highest BCUT2D eigenvalue weighted by molar-refractivity contribution is 7.87. The standard InChI is InChI=1S/C12H25N3O3S/c1-10-8-15(9-11(2)18-10)19(16,17)14-7-3-6-13-12-4-5-12/h10-14H,3-9H2,1-2H3. The Kier molecular flexibility index (Phi) is 5.19. The van der Waals surface area contributed by atoms with Crippen LogP contribution in [0.15, 0.2) is 0 Å². The summed E-state index contributed by atoms with van der Waals surface area (Å²) in [7, 11) is -3.36. The molecule has 1 saturated carbocycles. The van der Waals surface area contributed by atoms with Crippen LogP contribution in [-0.2, 0) is 14.9 Å². The number of hydrogen-bond acceptors (Lipinski definition) is 4. The zero-order valence-electron chi connectivity index (χ0n) is 11.8. The molecule has 2 rings (SSSR count). The van der Waals surface area contributed by atoms with Crippen LogP contribution in [0.4, 0.5) is 0 Å². The van der Waals surface area contributed by atoms with Crippen molar-refractivity contribution in [2.75, 3.05) is 26.2 Å². The van der Waals surface area contributed by atoms with E-state index in [4.69, 9.17) is 4.74 Å². The Hall–Kier alpha value is -0.210. The molecule has 0 amide bonds. The molecule has 6 nitrogen and oxygen atoms in total. The van der Waals surface area contributed by atoms with Crippen molar-refractivity contribution in [3.63, 3.8) is 0 Å².